The lowest BCUT2D eigenvalue weighted by Gasteiger charge is -2.38. The van der Waals surface area contributed by atoms with E-state index in [1.54, 1.807) is 0 Å². The highest BCUT2D eigenvalue weighted by atomic mass is 16.5. The Bertz CT molecular complexity index is 1280. The van der Waals surface area contributed by atoms with Crippen LogP contribution in [0.2, 0.25) is 0 Å². The normalized spacial score (nSPS) is 21.9. The van der Waals surface area contributed by atoms with Crippen molar-refractivity contribution in [3.05, 3.63) is 57.6 Å². The molecule has 0 amide bonds. The van der Waals surface area contributed by atoms with E-state index in [1.807, 2.05) is 0 Å². The van der Waals surface area contributed by atoms with Gasteiger partial charge in [-0.15, -0.1) is 0 Å². The number of rotatable bonds is 4. The van der Waals surface area contributed by atoms with E-state index < -0.39 is 0 Å². The predicted octanol–water partition coefficient (Wildman–Crippen LogP) is 8.32. The molecule has 40 heavy (non-hydrogen) atoms. The molecule has 0 unspecified atom stereocenters. The van der Waals surface area contributed by atoms with Gasteiger partial charge in [0, 0.05) is 16.5 Å². The average molecular weight is 545 g/mol. The molecular weight excluding hydrogens is 496 g/mol. The standard InChI is InChI=1S/C35H48N2O3/c1-19(2)27-17-38-31(36-27)23-13-21(33(5,6)7)15-25-29(23)40-30-24(32-37-28(18-39-32)20(3)4)14-22(34(8,9)10)16-26(30)35(25,11)12/h13-16,19-20,27-28H,17-18H2,1-12H3/t27-,28-/m1/s1. The summed E-state index contributed by atoms with van der Waals surface area (Å²) in [6.45, 7) is 28.2. The zero-order valence-corrected chi connectivity index (χ0v) is 26.7. The molecule has 3 aliphatic rings. The van der Waals surface area contributed by atoms with Gasteiger partial charge in [0.25, 0.3) is 0 Å². The van der Waals surface area contributed by atoms with Crippen molar-refractivity contribution in [2.45, 2.75) is 111 Å². The fraction of sp³-hybridized carbons (Fsp3) is 0.600. The van der Waals surface area contributed by atoms with Gasteiger partial charge in [-0.05, 0) is 45.9 Å². The molecule has 5 nitrogen and oxygen atoms in total. The highest BCUT2D eigenvalue weighted by molar-refractivity contribution is 6.01. The predicted molar refractivity (Wildman–Crippen MR) is 165 cm³/mol. The first-order chi connectivity index (χ1) is 18.5. The van der Waals surface area contributed by atoms with Gasteiger partial charge in [-0.3, -0.25) is 0 Å². The summed E-state index contributed by atoms with van der Waals surface area (Å²) in [5.41, 5.74) is 6.26. The second-order valence-electron chi connectivity index (χ2n) is 15.1. The Kier molecular flexibility index (Phi) is 6.91. The Morgan fingerprint density at radius 3 is 1.35 bits per heavy atom. The summed E-state index contributed by atoms with van der Waals surface area (Å²) in [4.78, 5) is 10.1. The second-order valence-corrected chi connectivity index (χ2v) is 15.1. The molecule has 2 aromatic rings. The van der Waals surface area contributed by atoms with Crippen LogP contribution in [0.15, 0.2) is 34.3 Å². The van der Waals surface area contributed by atoms with E-state index in [1.165, 1.54) is 11.1 Å². The number of ether oxygens (including phenoxy) is 3. The van der Waals surface area contributed by atoms with E-state index in [0.29, 0.717) is 36.8 Å². The molecule has 0 spiro atoms. The first kappa shape index (κ1) is 28.7. The summed E-state index contributed by atoms with van der Waals surface area (Å²) < 4.78 is 19.5. The SMILES string of the molecule is CC(C)[C@H]1COC(c2cc(C(C)(C)C)cc3c2Oc2c(C4=N[C@@H](C(C)C)CO4)cc(C(C)(C)C)cc2C3(C)C)=N1. The molecule has 2 aromatic carbocycles. The van der Waals surface area contributed by atoms with Gasteiger partial charge in [0.15, 0.2) is 0 Å². The molecule has 0 radical (unpaired) electrons. The van der Waals surface area contributed by atoms with Crippen LogP contribution in [0.1, 0.15) is 116 Å². The van der Waals surface area contributed by atoms with E-state index in [9.17, 15) is 0 Å². The number of benzene rings is 2. The lowest BCUT2D eigenvalue weighted by atomic mass is 9.70. The van der Waals surface area contributed by atoms with Gasteiger partial charge in [0.1, 0.15) is 24.7 Å². The summed E-state index contributed by atoms with van der Waals surface area (Å²) in [7, 11) is 0. The summed E-state index contributed by atoms with van der Waals surface area (Å²) >= 11 is 0. The Morgan fingerprint density at radius 1 is 0.675 bits per heavy atom. The zero-order valence-electron chi connectivity index (χ0n) is 26.7. The third kappa shape index (κ3) is 4.94. The maximum atomic E-state index is 7.01. The molecule has 0 N–H and O–H groups in total. The van der Waals surface area contributed by atoms with Gasteiger partial charge in [0.05, 0.1) is 23.2 Å². The summed E-state index contributed by atoms with van der Waals surface area (Å²) in [5.74, 6) is 3.84. The highest BCUT2D eigenvalue weighted by Gasteiger charge is 2.42. The van der Waals surface area contributed by atoms with E-state index in [-0.39, 0.29) is 28.3 Å². The minimum absolute atomic E-state index is 0.0482. The van der Waals surface area contributed by atoms with Crippen LogP contribution in [-0.2, 0) is 25.7 Å². The van der Waals surface area contributed by atoms with Crippen molar-refractivity contribution in [3.8, 4) is 11.5 Å². The molecule has 3 heterocycles. The fourth-order valence-electron chi connectivity index (χ4n) is 5.59. The number of hydrogen-bond donors (Lipinski definition) is 0. The van der Waals surface area contributed by atoms with Crippen molar-refractivity contribution in [2.75, 3.05) is 13.2 Å². The molecule has 0 saturated heterocycles. The van der Waals surface area contributed by atoms with E-state index in [4.69, 9.17) is 24.2 Å². The fourth-order valence-corrected chi connectivity index (χ4v) is 5.59. The van der Waals surface area contributed by atoms with Crippen LogP contribution in [0, 0.1) is 11.8 Å². The molecule has 0 aliphatic carbocycles. The van der Waals surface area contributed by atoms with Crippen molar-refractivity contribution in [2.24, 2.45) is 21.8 Å². The van der Waals surface area contributed by atoms with Crippen molar-refractivity contribution < 1.29 is 14.2 Å². The van der Waals surface area contributed by atoms with Crippen LogP contribution in [0.5, 0.6) is 11.5 Å². The summed E-state index contributed by atoms with van der Waals surface area (Å²) in [5, 5.41) is 0. The minimum atomic E-state index is -0.331. The van der Waals surface area contributed by atoms with E-state index >= 15 is 0 Å². The van der Waals surface area contributed by atoms with Crippen molar-refractivity contribution >= 4 is 11.8 Å². The highest BCUT2D eigenvalue weighted by Crippen LogP contribution is 2.53. The van der Waals surface area contributed by atoms with Crippen molar-refractivity contribution in [1.82, 2.24) is 0 Å². The Labute approximate surface area is 241 Å². The molecule has 0 bridgehead atoms. The summed E-state index contributed by atoms with van der Waals surface area (Å²) in [6, 6.07) is 9.41. The maximum Gasteiger partial charge on any atom is 0.220 e. The van der Waals surface area contributed by atoms with Crippen molar-refractivity contribution in [1.29, 1.82) is 0 Å². The molecule has 5 rings (SSSR count). The Balaban J connectivity index is 1.77. The molecular formula is C35H48N2O3. The van der Waals surface area contributed by atoms with Gasteiger partial charge in [-0.1, -0.05) is 95.2 Å². The molecule has 5 heteroatoms. The lowest BCUT2D eigenvalue weighted by Crippen LogP contribution is -2.29. The zero-order chi connectivity index (χ0) is 29.4. The molecule has 216 valence electrons. The van der Waals surface area contributed by atoms with Gasteiger partial charge >= 0.3 is 0 Å². The van der Waals surface area contributed by atoms with Gasteiger partial charge in [-0.2, -0.15) is 0 Å². The molecule has 3 aliphatic heterocycles. The topological polar surface area (TPSA) is 52.4 Å². The number of aliphatic imine (C=N–C) groups is 2. The first-order valence-electron chi connectivity index (χ1n) is 15.0. The Morgan fingerprint density at radius 2 is 1.05 bits per heavy atom. The molecule has 0 saturated carbocycles. The monoisotopic (exact) mass is 544 g/mol. The third-order valence-electron chi connectivity index (χ3n) is 8.81. The third-order valence-corrected chi connectivity index (χ3v) is 8.81. The van der Waals surface area contributed by atoms with Crippen molar-refractivity contribution in [3.63, 3.8) is 0 Å². The smallest absolute Gasteiger partial charge is 0.220 e. The van der Waals surface area contributed by atoms with Gasteiger partial charge < -0.3 is 14.2 Å². The Hall–Kier alpha value is -2.82. The number of fused-ring (bicyclic) bond motifs is 2. The van der Waals surface area contributed by atoms with Crippen LogP contribution in [-0.4, -0.2) is 37.1 Å². The minimum Gasteiger partial charge on any atom is -0.475 e. The number of nitrogens with zero attached hydrogens (tertiary/aromatic N) is 2. The lowest BCUT2D eigenvalue weighted by molar-refractivity contribution is 0.290. The van der Waals surface area contributed by atoms with Crippen LogP contribution in [0.25, 0.3) is 0 Å². The van der Waals surface area contributed by atoms with Crippen LogP contribution in [0.4, 0.5) is 0 Å². The van der Waals surface area contributed by atoms with E-state index in [2.05, 4.69) is 107 Å². The second kappa shape index (κ2) is 9.63. The molecule has 0 aromatic heterocycles. The van der Waals surface area contributed by atoms with Crippen LogP contribution in [0.3, 0.4) is 0 Å². The van der Waals surface area contributed by atoms with Gasteiger partial charge in [0.2, 0.25) is 11.8 Å². The van der Waals surface area contributed by atoms with E-state index in [0.717, 1.165) is 33.8 Å². The molecule has 2 atom stereocenters. The molecule has 0 fully saturated rings. The average Bonchev–Trinajstić information content (AvgIpc) is 3.53. The van der Waals surface area contributed by atoms with Crippen LogP contribution < -0.4 is 4.74 Å². The summed E-state index contributed by atoms with van der Waals surface area (Å²) in [6.07, 6.45) is 0. The largest absolute Gasteiger partial charge is 0.475 e. The first-order valence-corrected chi connectivity index (χ1v) is 15.0. The van der Waals surface area contributed by atoms with Crippen LogP contribution >= 0.6 is 0 Å². The quantitative estimate of drug-likeness (QED) is 0.389. The number of hydrogen-bond acceptors (Lipinski definition) is 5. The van der Waals surface area contributed by atoms with Gasteiger partial charge in [-0.25, -0.2) is 9.98 Å². The maximum absolute atomic E-state index is 7.01.